The van der Waals surface area contributed by atoms with E-state index in [4.69, 9.17) is 0 Å². The van der Waals surface area contributed by atoms with Crippen LogP contribution < -0.4 is 10.6 Å². The van der Waals surface area contributed by atoms with Crippen LogP contribution in [0.2, 0.25) is 0 Å². The van der Waals surface area contributed by atoms with Gasteiger partial charge < -0.3 is 10.6 Å². The number of fused-ring (bicyclic) bond motifs is 1. The number of anilines is 1. The normalized spacial score (nSPS) is 19.8. The Morgan fingerprint density at radius 2 is 1.84 bits per heavy atom. The summed E-state index contributed by atoms with van der Waals surface area (Å²) >= 11 is 1.18. The first-order valence-corrected chi connectivity index (χ1v) is 10.7. The average molecular weight is 458 g/mol. The van der Waals surface area contributed by atoms with E-state index in [0.717, 1.165) is 0 Å². The van der Waals surface area contributed by atoms with E-state index in [0.29, 0.717) is 21.0 Å². The molecule has 0 bridgehead atoms. The molecule has 5 rings (SSSR count). The topological polar surface area (TPSA) is 84.7 Å². The molecule has 4 aromatic rings. The Morgan fingerprint density at radius 1 is 1.09 bits per heavy atom. The van der Waals surface area contributed by atoms with Gasteiger partial charge in [-0.3, -0.25) is 4.79 Å². The predicted octanol–water partition coefficient (Wildman–Crippen LogP) is 4.02. The smallest absolute Gasteiger partial charge is 0.253 e. The van der Waals surface area contributed by atoms with Crippen LogP contribution in [0.25, 0.3) is 15.9 Å². The Bertz CT molecular complexity index is 1280. The maximum Gasteiger partial charge on any atom is 0.253 e. The fraction of sp³-hybridized carbons (Fsp3) is 0.238. The number of thiazole rings is 1. The molecule has 2 aromatic heterocycles. The molecule has 1 amide bonds. The minimum atomic E-state index is -2.94. The van der Waals surface area contributed by atoms with E-state index in [2.05, 4.69) is 25.8 Å². The van der Waals surface area contributed by atoms with Gasteiger partial charge in [-0.2, -0.15) is 15.0 Å². The van der Waals surface area contributed by atoms with Crippen LogP contribution in [0, 0.1) is 5.82 Å². The van der Waals surface area contributed by atoms with Crippen LogP contribution in [0.4, 0.5) is 18.3 Å². The van der Waals surface area contributed by atoms with Gasteiger partial charge in [0.05, 0.1) is 45.9 Å². The fourth-order valence-corrected chi connectivity index (χ4v) is 4.81. The van der Waals surface area contributed by atoms with Gasteiger partial charge in [0.2, 0.25) is 0 Å². The van der Waals surface area contributed by atoms with Gasteiger partial charge in [-0.05, 0) is 30.3 Å². The minimum Gasteiger partial charge on any atom is -0.356 e. The highest BCUT2D eigenvalue weighted by Gasteiger charge is 2.47. The second kappa shape index (κ2) is 7.90. The largest absolute Gasteiger partial charge is 0.356 e. The van der Waals surface area contributed by atoms with Crippen LogP contribution in [0.3, 0.4) is 0 Å². The van der Waals surface area contributed by atoms with Crippen molar-refractivity contribution < 1.29 is 18.0 Å². The predicted molar refractivity (Wildman–Crippen MR) is 114 cm³/mol. The molecule has 11 heteroatoms. The average Bonchev–Trinajstić information content (AvgIpc) is 3.47. The molecule has 0 saturated heterocycles. The third kappa shape index (κ3) is 4.03. The van der Waals surface area contributed by atoms with Crippen LogP contribution in [-0.2, 0) is 0 Å². The molecule has 0 unspecified atom stereocenters. The highest BCUT2D eigenvalue weighted by Crippen LogP contribution is 2.38. The molecule has 7 nitrogen and oxygen atoms in total. The molecule has 2 N–H and O–H groups in total. The molecular formula is C21H17F3N6OS. The Balaban J connectivity index is 1.38. The summed E-state index contributed by atoms with van der Waals surface area (Å²) in [5.74, 6) is -3.84. The second-order valence-electron chi connectivity index (χ2n) is 7.56. The fourth-order valence-electron chi connectivity index (χ4n) is 3.86. The Morgan fingerprint density at radius 3 is 2.66 bits per heavy atom. The SMILES string of the molecule is O=C(N[C@H]1CC(F)(F)C[C@H]1Nc1nc2ccc(F)cc2s1)c1ccccc1-n1nccn1. The lowest BCUT2D eigenvalue weighted by Crippen LogP contribution is -2.43. The number of nitrogens with zero attached hydrogens (tertiary/aromatic N) is 4. The molecule has 1 aliphatic carbocycles. The first-order valence-electron chi connectivity index (χ1n) is 9.85. The summed E-state index contributed by atoms with van der Waals surface area (Å²) in [6.45, 7) is 0. The first-order chi connectivity index (χ1) is 15.4. The van der Waals surface area contributed by atoms with E-state index in [1.807, 2.05) is 0 Å². The third-order valence-electron chi connectivity index (χ3n) is 5.28. The molecule has 164 valence electrons. The number of halogens is 3. The monoisotopic (exact) mass is 458 g/mol. The molecule has 1 saturated carbocycles. The number of carbonyl (C=O) groups is 1. The van der Waals surface area contributed by atoms with Crippen molar-refractivity contribution in [2.45, 2.75) is 30.8 Å². The number of amides is 1. The number of hydrogen-bond donors (Lipinski definition) is 2. The number of carbonyl (C=O) groups excluding carboxylic acids is 1. The van der Waals surface area contributed by atoms with Crippen molar-refractivity contribution in [1.29, 1.82) is 0 Å². The van der Waals surface area contributed by atoms with Crippen LogP contribution in [-0.4, -0.2) is 43.9 Å². The van der Waals surface area contributed by atoms with Gasteiger partial charge in [-0.1, -0.05) is 23.5 Å². The highest BCUT2D eigenvalue weighted by molar-refractivity contribution is 7.22. The van der Waals surface area contributed by atoms with Crippen molar-refractivity contribution in [3.05, 3.63) is 66.2 Å². The lowest BCUT2D eigenvalue weighted by Gasteiger charge is -2.21. The summed E-state index contributed by atoms with van der Waals surface area (Å²) in [6.07, 6.45) is 2.01. The molecule has 0 radical (unpaired) electrons. The molecule has 32 heavy (non-hydrogen) atoms. The molecule has 2 atom stereocenters. The van der Waals surface area contributed by atoms with E-state index in [1.165, 1.54) is 46.7 Å². The zero-order chi connectivity index (χ0) is 22.3. The Kier molecular flexibility index (Phi) is 5.04. The van der Waals surface area contributed by atoms with E-state index in [1.54, 1.807) is 24.3 Å². The maximum atomic E-state index is 14.3. The van der Waals surface area contributed by atoms with Gasteiger partial charge in [-0.15, -0.1) is 0 Å². The summed E-state index contributed by atoms with van der Waals surface area (Å²) in [5.41, 5.74) is 1.29. The summed E-state index contributed by atoms with van der Waals surface area (Å²) in [5, 5.41) is 14.2. The molecule has 0 spiro atoms. The minimum absolute atomic E-state index is 0.271. The Hall–Kier alpha value is -3.47. The third-order valence-corrected chi connectivity index (χ3v) is 6.23. The van der Waals surface area contributed by atoms with Crippen LogP contribution in [0.5, 0.6) is 0 Å². The lowest BCUT2D eigenvalue weighted by atomic mass is 10.1. The number of alkyl halides is 2. The Labute approximate surface area is 184 Å². The summed E-state index contributed by atoms with van der Waals surface area (Å²) < 4.78 is 42.6. The van der Waals surface area contributed by atoms with Gasteiger partial charge in [0, 0.05) is 12.8 Å². The van der Waals surface area contributed by atoms with Gasteiger partial charge in [-0.25, -0.2) is 18.2 Å². The lowest BCUT2D eigenvalue weighted by molar-refractivity contribution is 0.00651. The first kappa shape index (κ1) is 20.4. The van der Waals surface area contributed by atoms with E-state index >= 15 is 0 Å². The summed E-state index contributed by atoms with van der Waals surface area (Å²) in [7, 11) is 0. The van der Waals surface area contributed by atoms with Gasteiger partial charge >= 0.3 is 0 Å². The standard InChI is InChI=1S/C21H17F3N6OS/c22-12-5-6-14-18(9-12)32-20(28-14)29-16-11-21(23,24)10-15(16)27-19(31)13-3-1-2-4-17(13)30-25-7-8-26-30/h1-9,15-16H,10-11H2,(H,27,31)(H,28,29)/t15-,16+/m0/s1. The van der Waals surface area contributed by atoms with Crippen molar-refractivity contribution in [3.63, 3.8) is 0 Å². The number of para-hydroxylation sites is 1. The van der Waals surface area contributed by atoms with Crippen molar-refractivity contribution in [2.24, 2.45) is 0 Å². The number of benzene rings is 2. The molecule has 2 aromatic carbocycles. The van der Waals surface area contributed by atoms with Gasteiger partial charge in [0.1, 0.15) is 5.82 Å². The molecule has 1 aliphatic rings. The summed E-state index contributed by atoms with van der Waals surface area (Å²) in [6, 6.07) is 9.29. The van der Waals surface area contributed by atoms with Crippen molar-refractivity contribution in [3.8, 4) is 5.69 Å². The number of aromatic nitrogens is 4. The van der Waals surface area contributed by atoms with E-state index < -0.39 is 42.6 Å². The quantitative estimate of drug-likeness (QED) is 0.472. The molecule has 2 heterocycles. The second-order valence-corrected chi connectivity index (χ2v) is 8.59. The van der Waals surface area contributed by atoms with E-state index in [-0.39, 0.29) is 5.56 Å². The van der Waals surface area contributed by atoms with Gasteiger partial charge in [0.25, 0.3) is 11.8 Å². The molecule has 1 fully saturated rings. The van der Waals surface area contributed by atoms with Crippen LogP contribution in [0.1, 0.15) is 23.2 Å². The highest BCUT2D eigenvalue weighted by atomic mass is 32.1. The van der Waals surface area contributed by atoms with Crippen molar-refractivity contribution in [1.82, 2.24) is 25.3 Å². The summed E-state index contributed by atoms with van der Waals surface area (Å²) in [4.78, 5) is 18.6. The molecular weight excluding hydrogens is 441 g/mol. The van der Waals surface area contributed by atoms with Crippen molar-refractivity contribution in [2.75, 3.05) is 5.32 Å². The molecule has 0 aliphatic heterocycles. The van der Waals surface area contributed by atoms with Gasteiger partial charge in [0.15, 0.2) is 5.13 Å². The number of nitrogens with one attached hydrogen (secondary N) is 2. The van der Waals surface area contributed by atoms with Crippen LogP contribution in [0.15, 0.2) is 54.9 Å². The zero-order valence-electron chi connectivity index (χ0n) is 16.5. The number of hydrogen-bond acceptors (Lipinski definition) is 6. The zero-order valence-corrected chi connectivity index (χ0v) is 17.3. The maximum absolute atomic E-state index is 14.3. The number of rotatable bonds is 5. The van der Waals surface area contributed by atoms with Crippen LogP contribution >= 0.6 is 11.3 Å². The van der Waals surface area contributed by atoms with E-state index in [9.17, 15) is 18.0 Å². The van der Waals surface area contributed by atoms with Crippen molar-refractivity contribution >= 4 is 32.6 Å².